The van der Waals surface area contributed by atoms with Crippen LogP contribution in [0.1, 0.15) is 22.8 Å². The van der Waals surface area contributed by atoms with E-state index in [1.807, 2.05) is 13.0 Å². The molecule has 0 aliphatic heterocycles. The lowest BCUT2D eigenvalue weighted by molar-refractivity contribution is 0.0525. The molecule has 0 spiro atoms. The number of halogens is 2. The maximum atomic E-state index is 11.5. The van der Waals surface area contributed by atoms with Crippen molar-refractivity contribution in [3.05, 3.63) is 32.2 Å². The normalized spacial score (nSPS) is 10.0. The summed E-state index contributed by atoms with van der Waals surface area (Å²) < 4.78 is 6.70. The van der Waals surface area contributed by atoms with E-state index in [4.69, 9.17) is 4.74 Å². The Hall–Kier alpha value is -0.350. The fourth-order valence-electron chi connectivity index (χ4n) is 1.07. The molecule has 0 aromatic heterocycles. The molecule has 0 N–H and O–H groups in total. The van der Waals surface area contributed by atoms with Gasteiger partial charge >= 0.3 is 5.97 Å². The number of hydrogen-bond donors (Lipinski definition) is 0. The predicted octanol–water partition coefficient (Wildman–Crippen LogP) is 3.70. The van der Waals surface area contributed by atoms with Gasteiger partial charge in [-0.2, -0.15) is 0 Å². The molecule has 1 aromatic rings. The molecule has 0 radical (unpaired) electrons. The zero-order valence-electron chi connectivity index (χ0n) is 7.93. The first-order valence-electron chi connectivity index (χ1n) is 4.19. The molecule has 0 saturated heterocycles. The van der Waals surface area contributed by atoms with Crippen molar-refractivity contribution in [3.8, 4) is 0 Å². The molecule has 2 nitrogen and oxygen atoms in total. The van der Waals surface area contributed by atoms with E-state index in [-0.39, 0.29) is 5.97 Å². The van der Waals surface area contributed by atoms with Crippen LogP contribution >= 0.6 is 31.9 Å². The van der Waals surface area contributed by atoms with Gasteiger partial charge in [-0.3, -0.25) is 0 Å². The van der Waals surface area contributed by atoms with Gasteiger partial charge < -0.3 is 4.74 Å². The summed E-state index contributed by atoms with van der Waals surface area (Å²) in [7, 11) is 0. The van der Waals surface area contributed by atoms with Crippen LogP contribution in [0.3, 0.4) is 0 Å². The smallest absolute Gasteiger partial charge is 0.338 e. The largest absolute Gasteiger partial charge is 0.462 e. The quantitative estimate of drug-likeness (QED) is 0.776. The van der Waals surface area contributed by atoms with Crippen molar-refractivity contribution in [1.82, 2.24) is 0 Å². The average Bonchev–Trinajstić information content (AvgIpc) is 2.11. The molecular weight excluding hydrogens is 312 g/mol. The molecule has 14 heavy (non-hydrogen) atoms. The topological polar surface area (TPSA) is 26.3 Å². The maximum Gasteiger partial charge on any atom is 0.338 e. The van der Waals surface area contributed by atoms with Crippen molar-refractivity contribution in [2.45, 2.75) is 13.8 Å². The van der Waals surface area contributed by atoms with Crippen LogP contribution < -0.4 is 0 Å². The molecule has 0 amide bonds. The van der Waals surface area contributed by atoms with Crippen molar-refractivity contribution < 1.29 is 9.53 Å². The third-order valence-electron chi connectivity index (χ3n) is 1.80. The molecule has 0 heterocycles. The third-order valence-corrected chi connectivity index (χ3v) is 3.09. The van der Waals surface area contributed by atoms with Crippen molar-refractivity contribution in [1.29, 1.82) is 0 Å². The van der Waals surface area contributed by atoms with Crippen LogP contribution in [0.5, 0.6) is 0 Å². The molecular formula is C10H10Br2O2. The molecule has 76 valence electrons. The Kier molecular flexibility index (Phi) is 4.13. The minimum absolute atomic E-state index is 0.285. The summed E-state index contributed by atoms with van der Waals surface area (Å²) in [5.41, 5.74) is 1.49. The summed E-state index contributed by atoms with van der Waals surface area (Å²) in [6.45, 7) is 4.06. The van der Waals surface area contributed by atoms with E-state index in [2.05, 4.69) is 31.9 Å². The Balaban J connectivity index is 3.13. The van der Waals surface area contributed by atoms with Gasteiger partial charge in [0, 0.05) is 8.95 Å². The zero-order chi connectivity index (χ0) is 10.7. The van der Waals surface area contributed by atoms with Gasteiger partial charge in [-0.05, 0) is 31.5 Å². The van der Waals surface area contributed by atoms with Crippen LogP contribution in [-0.2, 0) is 4.74 Å². The zero-order valence-corrected chi connectivity index (χ0v) is 11.1. The lowest BCUT2D eigenvalue weighted by Crippen LogP contribution is -2.07. The summed E-state index contributed by atoms with van der Waals surface area (Å²) in [6, 6.07) is 3.66. The van der Waals surface area contributed by atoms with E-state index < -0.39 is 0 Å². The molecule has 0 fully saturated rings. The second kappa shape index (κ2) is 4.94. The average molecular weight is 322 g/mol. The van der Waals surface area contributed by atoms with Crippen LogP contribution in [0.25, 0.3) is 0 Å². The Morgan fingerprint density at radius 3 is 2.64 bits per heavy atom. The summed E-state index contributed by atoms with van der Waals surface area (Å²) in [5, 5.41) is 0. The molecule has 1 rings (SSSR count). The molecule has 0 aliphatic carbocycles. The van der Waals surface area contributed by atoms with E-state index in [0.717, 1.165) is 14.5 Å². The van der Waals surface area contributed by atoms with Crippen LogP contribution in [0.15, 0.2) is 21.1 Å². The summed E-state index contributed by atoms with van der Waals surface area (Å²) in [5.74, 6) is -0.285. The standard InChI is InChI=1S/C10H10Br2O2/c1-3-14-10(13)8-4-7(11)5-9(12)6(8)2/h4-5H,3H2,1-2H3. The molecule has 0 bridgehead atoms. The Morgan fingerprint density at radius 1 is 1.43 bits per heavy atom. The van der Waals surface area contributed by atoms with Crippen molar-refractivity contribution in [2.75, 3.05) is 6.61 Å². The highest BCUT2D eigenvalue weighted by atomic mass is 79.9. The first-order chi connectivity index (χ1) is 6.56. The summed E-state index contributed by atoms with van der Waals surface area (Å²) in [4.78, 5) is 11.5. The van der Waals surface area contributed by atoms with Crippen LogP contribution in [0, 0.1) is 6.92 Å². The minimum atomic E-state index is -0.285. The van der Waals surface area contributed by atoms with E-state index in [0.29, 0.717) is 12.2 Å². The predicted molar refractivity (Wildman–Crippen MR) is 62.5 cm³/mol. The van der Waals surface area contributed by atoms with E-state index in [1.165, 1.54) is 0 Å². The van der Waals surface area contributed by atoms with Gasteiger partial charge in [0.25, 0.3) is 0 Å². The fourth-order valence-corrected chi connectivity index (χ4v) is 2.29. The molecule has 1 aromatic carbocycles. The number of carbonyl (C=O) groups excluding carboxylic acids is 1. The van der Waals surface area contributed by atoms with Gasteiger partial charge in [-0.15, -0.1) is 0 Å². The minimum Gasteiger partial charge on any atom is -0.462 e. The molecule has 0 aliphatic rings. The number of hydrogen-bond acceptors (Lipinski definition) is 2. The highest BCUT2D eigenvalue weighted by molar-refractivity contribution is 9.11. The highest BCUT2D eigenvalue weighted by Gasteiger charge is 2.12. The summed E-state index contributed by atoms with van der Waals surface area (Å²) in [6.07, 6.45) is 0. The Bertz CT molecular complexity index is 361. The van der Waals surface area contributed by atoms with E-state index in [9.17, 15) is 4.79 Å². The lowest BCUT2D eigenvalue weighted by atomic mass is 10.1. The van der Waals surface area contributed by atoms with Gasteiger partial charge in [0.15, 0.2) is 0 Å². The molecule has 0 atom stereocenters. The molecule has 0 saturated carbocycles. The van der Waals surface area contributed by atoms with Crippen LogP contribution in [-0.4, -0.2) is 12.6 Å². The second-order valence-corrected chi connectivity index (χ2v) is 4.55. The lowest BCUT2D eigenvalue weighted by Gasteiger charge is -2.07. The highest BCUT2D eigenvalue weighted by Crippen LogP contribution is 2.25. The van der Waals surface area contributed by atoms with Crippen molar-refractivity contribution >= 4 is 37.8 Å². The van der Waals surface area contributed by atoms with Gasteiger partial charge in [-0.1, -0.05) is 31.9 Å². The third kappa shape index (κ3) is 2.58. The fraction of sp³-hybridized carbons (Fsp3) is 0.300. The van der Waals surface area contributed by atoms with Crippen LogP contribution in [0.2, 0.25) is 0 Å². The number of benzene rings is 1. The van der Waals surface area contributed by atoms with Crippen LogP contribution in [0.4, 0.5) is 0 Å². The first-order valence-corrected chi connectivity index (χ1v) is 5.77. The van der Waals surface area contributed by atoms with Crippen molar-refractivity contribution in [2.24, 2.45) is 0 Å². The van der Waals surface area contributed by atoms with Crippen molar-refractivity contribution in [3.63, 3.8) is 0 Å². The van der Waals surface area contributed by atoms with E-state index >= 15 is 0 Å². The Labute approximate surface area is 99.9 Å². The van der Waals surface area contributed by atoms with Gasteiger partial charge in [-0.25, -0.2) is 4.79 Å². The SMILES string of the molecule is CCOC(=O)c1cc(Br)cc(Br)c1C. The Morgan fingerprint density at radius 2 is 2.07 bits per heavy atom. The van der Waals surface area contributed by atoms with E-state index in [1.54, 1.807) is 13.0 Å². The van der Waals surface area contributed by atoms with Gasteiger partial charge in [0.1, 0.15) is 0 Å². The summed E-state index contributed by atoms with van der Waals surface area (Å²) >= 11 is 6.71. The first kappa shape index (κ1) is 11.7. The number of esters is 1. The number of ether oxygens (including phenoxy) is 1. The monoisotopic (exact) mass is 320 g/mol. The van der Waals surface area contributed by atoms with Gasteiger partial charge in [0.05, 0.1) is 12.2 Å². The number of carbonyl (C=O) groups is 1. The second-order valence-electron chi connectivity index (χ2n) is 2.78. The molecule has 4 heteroatoms. The number of rotatable bonds is 2. The molecule has 0 unspecified atom stereocenters. The maximum absolute atomic E-state index is 11.5. The van der Waals surface area contributed by atoms with Gasteiger partial charge in [0.2, 0.25) is 0 Å².